The Hall–Kier alpha value is -3.79. The Kier molecular flexibility index (Phi) is 8.09. The van der Waals surface area contributed by atoms with Gasteiger partial charge in [0, 0.05) is 5.69 Å². The first-order chi connectivity index (χ1) is 15.9. The van der Waals surface area contributed by atoms with E-state index in [0.717, 1.165) is 5.56 Å². The molecule has 0 aliphatic heterocycles. The Morgan fingerprint density at radius 3 is 2.33 bits per heavy atom. The van der Waals surface area contributed by atoms with Crippen LogP contribution in [-0.4, -0.2) is 18.4 Å². The molecule has 0 heterocycles. The molecule has 0 aromatic heterocycles. The number of hydrogen-bond donors (Lipinski definition) is 2. The largest absolute Gasteiger partial charge is 0.482 e. The van der Waals surface area contributed by atoms with Crippen LogP contribution in [0.2, 0.25) is 10.0 Å². The van der Waals surface area contributed by atoms with Gasteiger partial charge in [0.2, 0.25) is 0 Å². The molecule has 166 valence electrons. The minimum atomic E-state index is -0.602. The molecule has 3 aromatic carbocycles. The van der Waals surface area contributed by atoms with Gasteiger partial charge in [0.15, 0.2) is 6.61 Å². The van der Waals surface area contributed by atoms with Crippen molar-refractivity contribution in [3.05, 3.63) is 93.5 Å². The standard InChI is InChI=1S/C25H19Cl2N3O3/c1-16-6-2-4-8-21(16)29-24(31)15-33-23-11-10-17(13-20(23)27)12-18(14-28)25(32)30-22-9-5-3-7-19(22)26/h2-13H,15H2,1H3,(H,29,31)(H,30,32)/b18-12+. The molecular weight excluding hydrogens is 461 g/mol. The molecule has 0 spiro atoms. The highest BCUT2D eigenvalue weighted by Gasteiger charge is 2.13. The van der Waals surface area contributed by atoms with Crippen LogP contribution in [0.25, 0.3) is 6.08 Å². The van der Waals surface area contributed by atoms with E-state index in [-0.39, 0.29) is 23.1 Å². The molecule has 33 heavy (non-hydrogen) atoms. The van der Waals surface area contributed by atoms with E-state index in [1.807, 2.05) is 31.2 Å². The van der Waals surface area contributed by atoms with Gasteiger partial charge in [-0.05, 0) is 54.5 Å². The minimum absolute atomic E-state index is 0.128. The van der Waals surface area contributed by atoms with Crippen LogP contribution in [0.1, 0.15) is 11.1 Å². The van der Waals surface area contributed by atoms with Crippen molar-refractivity contribution in [1.82, 2.24) is 0 Å². The summed E-state index contributed by atoms with van der Waals surface area (Å²) in [4.78, 5) is 24.6. The Morgan fingerprint density at radius 2 is 1.67 bits per heavy atom. The maximum Gasteiger partial charge on any atom is 0.266 e. The summed E-state index contributed by atoms with van der Waals surface area (Å²) >= 11 is 12.3. The number of aryl methyl sites for hydroxylation is 1. The maximum absolute atomic E-state index is 12.4. The average molecular weight is 480 g/mol. The molecule has 0 radical (unpaired) electrons. The number of amides is 2. The number of benzene rings is 3. The lowest BCUT2D eigenvalue weighted by atomic mass is 10.1. The summed E-state index contributed by atoms with van der Waals surface area (Å²) in [6.07, 6.45) is 1.40. The molecule has 6 nitrogen and oxygen atoms in total. The van der Waals surface area contributed by atoms with Crippen molar-refractivity contribution in [3.8, 4) is 11.8 Å². The lowest BCUT2D eigenvalue weighted by Crippen LogP contribution is -2.20. The summed E-state index contributed by atoms with van der Waals surface area (Å²) < 4.78 is 5.51. The quantitative estimate of drug-likeness (QED) is 0.327. The fourth-order valence-corrected chi connectivity index (χ4v) is 3.26. The topological polar surface area (TPSA) is 91.2 Å². The van der Waals surface area contributed by atoms with Crippen molar-refractivity contribution in [2.24, 2.45) is 0 Å². The summed E-state index contributed by atoms with van der Waals surface area (Å²) in [6.45, 7) is 1.66. The Bertz CT molecular complexity index is 1270. The summed E-state index contributed by atoms with van der Waals surface area (Å²) in [5.74, 6) is -0.630. The molecule has 2 N–H and O–H groups in total. The zero-order valence-electron chi connectivity index (χ0n) is 17.6. The molecule has 0 unspecified atom stereocenters. The van der Waals surface area contributed by atoms with E-state index in [0.29, 0.717) is 27.7 Å². The number of rotatable bonds is 7. The molecule has 3 rings (SSSR count). The number of nitrogens with zero attached hydrogens (tertiary/aromatic N) is 1. The second kappa shape index (κ2) is 11.2. The second-order valence-electron chi connectivity index (χ2n) is 6.95. The van der Waals surface area contributed by atoms with Gasteiger partial charge in [0.05, 0.1) is 15.7 Å². The third kappa shape index (κ3) is 6.59. The molecule has 0 bridgehead atoms. The van der Waals surface area contributed by atoms with Crippen LogP contribution >= 0.6 is 23.2 Å². The number of anilines is 2. The highest BCUT2D eigenvalue weighted by molar-refractivity contribution is 6.34. The summed E-state index contributed by atoms with van der Waals surface area (Å²) in [6, 6.07) is 20.7. The van der Waals surface area contributed by atoms with Crippen LogP contribution < -0.4 is 15.4 Å². The van der Waals surface area contributed by atoms with Crippen LogP contribution in [0.15, 0.2) is 72.3 Å². The SMILES string of the molecule is Cc1ccccc1NC(=O)COc1ccc(/C=C(\C#N)C(=O)Nc2ccccc2Cl)cc1Cl. The number of carbonyl (C=O) groups excluding carboxylic acids is 2. The molecule has 2 amide bonds. The molecule has 0 aliphatic rings. The second-order valence-corrected chi connectivity index (χ2v) is 7.76. The smallest absolute Gasteiger partial charge is 0.266 e. The highest BCUT2D eigenvalue weighted by Crippen LogP contribution is 2.27. The fraction of sp³-hybridized carbons (Fsp3) is 0.0800. The predicted molar refractivity (Wildman–Crippen MR) is 130 cm³/mol. The first-order valence-electron chi connectivity index (χ1n) is 9.83. The molecule has 3 aromatic rings. The van der Waals surface area contributed by atoms with Gasteiger partial charge >= 0.3 is 0 Å². The fourth-order valence-electron chi connectivity index (χ4n) is 2.83. The number of nitrogens with one attached hydrogen (secondary N) is 2. The van der Waals surface area contributed by atoms with Gasteiger partial charge in [-0.25, -0.2) is 0 Å². The highest BCUT2D eigenvalue weighted by atomic mass is 35.5. The van der Waals surface area contributed by atoms with Gasteiger partial charge in [-0.3, -0.25) is 9.59 Å². The van der Waals surface area contributed by atoms with E-state index in [4.69, 9.17) is 27.9 Å². The Morgan fingerprint density at radius 1 is 0.970 bits per heavy atom. The molecule has 0 fully saturated rings. The van der Waals surface area contributed by atoms with Crippen molar-refractivity contribution in [1.29, 1.82) is 5.26 Å². The lowest BCUT2D eigenvalue weighted by molar-refractivity contribution is -0.118. The predicted octanol–water partition coefficient (Wildman–Crippen LogP) is 5.87. The number of carbonyl (C=O) groups is 2. The van der Waals surface area contributed by atoms with Crippen molar-refractivity contribution in [3.63, 3.8) is 0 Å². The zero-order chi connectivity index (χ0) is 23.8. The van der Waals surface area contributed by atoms with Gasteiger partial charge in [-0.15, -0.1) is 0 Å². The van der Waals surface area contributed by atoms with Gasteiger partial charge in [-0.2, -0.15) is 5.26 Å². The number of ether oxygens (including phenoxy) is 1. The lowest BCUT2D eigenvalue weighted by Gasteiger charge is -2.11. The van der Waals surface area contributed by atoms with E-state index < -0.39 is 5.91 Å². The molecule has 0 saturated heterocycles. The Labute approximate surface area is 201 Å². The van der Waals surface area contributed by atoms with Gasteiger partial charge in [0.1, 0.15) is 17.4 Å². The van der Waals surface area contributed by atoms with Crippen LogP contribution in [0.3, 0.4) is 0 Å². The van der Waals surface area contributed by atoms with E-state index in [9.17, 15) is 14.9 Å². The minimum Gasteiger partial charge on any atom is -0.482 e. The van der Waals surface area contributed by atoms with Crippen LogP contribution in [0.5, 0.6) is 5.75 Å². The first-order valence-corrected chi connectivity index (χ1v) is 10.6. The Balaban J connectivity index is 1.65. The van der Waals surface area contributed by atoms with Crippen molar-refractivity contribution in [2.75, 3.05) is 17.2 Å². The third-order valence-corrected chi connectivity index (χ3v) is 5.16. The molecule has 0 aliphatic carbocycles. The van der Waals surface area contributed by atoms with E-state index >= 15 is 0 Å². The van der Waals surface area contributed by atoms with Gasteiger partial charge in [-0.1, -0.05) is 59.6 Å². The molecule has 0 saturated carbocycles. The maximum atomic E-state index is 12.4. The van der Waals surface area contributed by atoms with Crippen LogP contribution in [0.4, 0.5) is 11.4 Å². The number of para-hydroxylation sites is 2. The van der Waals surface area contributed by atoms with Crippen LogP contribution in [0, 0.1) is 18.3 Å². The van der Waals surface area contributed by atoms with E-state index in [1.165, 1.54) is 12.1 Å². The van der Waals surface area contributed by atoms with Crippen molar-refractivity contribution in [2.45, 2.75) is 6.92 Å². The van der Waals surface area contributed by atoms with Gasteiger partial charge in [0.25, 0.3) is 11.8 Å². The zero-order valence-corrected chi connectivity index (χ0v) is 19.1. The van der Waals surface area contributed by atoms with E-state index in [2.05, 4.69) is 10.6 Å². The van der Waals surface area contributed by atoms with Gasteiger partial charge < -0.3 is 15.4 Å². The number of halogens is 2. The summed E-state index contributed by atoms with van der Waals surface area (Å²) in [7, 11) is 0. The van der Waals surface area contributed by atoms with Crippen molar-refractivity contribution >= 4 is 52.5 Å². The normalized spacial score (nSPS) is 10.8. The average Bonchev–Trinajstić information content (AvgIpc) is 2.80. The molecule has 8 heteroatoms. The first kappa shape index (κ1) is 23.9. The number of nitriles is 1. The van der Waals surface area contributed by atoms with Crippen LogP contribution in [-0.2, 0) is 9.59 Å². The molecular formula is C25H19Cl2N3O3. The number of hydrogen-bond acceptors (Lipinski definition) is 4. The third-order valence-electron chi connectivity index (χ3n) is 4.53. The summed E-state index contributed by atoms with van der Waals surface area (Å²) in [5.41, 5.74) is 2.43. The van der Waals surface area contributed by atoms with Crippen molar-refractivity contribution < 1.29 is 14.3 Å². The molecule has 0 atom stereocenters. The monoisotopic (exact) mass is 479 g/mol. The summed E-state index contributed by atoms with van der Waals surface area (Å²) in [5, 5.41) is 15.4. The van der Waals surface area contributed by atoms with E-state index in [1.54, 1.807) is 42.5 Å².